The quantitative estimate of drug-likeness (QED) is 0.678. The Balaban J connectivity index is 2.11. The number of pyridine rings is 1. The van der Waals surface area contributed by atoms with E-state index in [0.29, 0.717) is 0 Å². The van der Waals surface area contributed by atoms with Crippen molar-refractivity contribution in [3.8, 4) is 0 Å². The van der Waals surface area contributed by atoms with Crippen molar-refractivity contribution in [2.45, 2.75) is 39.0 Å². The summed E-state index contributed by atoms with van der Waals surface area (Å²) in [5.41, 5.74) is 2.41. The van der Waals surface area contributed by atoms with Crippen molar-refractivity contribution in [2.24, 2.45) is 0 Å². The molecule has 0 unspecified atom stereocenters. The van der Waals surface area contributed by atoms with Gasteiger partial charge in [0, 0.05) is 17.6 Å². The van der Waals surface area contributed by atoms with E-state index in [9.17, 15) is 0 Å². The molecule has 0 atom stereocenters. The van der Waals surface area contributed by atoms with Gasteiger partial charge in [-0.2, -0.15) is 0 Å². The third kappa shape index (κ3) is 2.60. The fourth-order valence-corrected chi connectivity index (χ4v) is 2.03. The van der Waals surface area contributed by atoms with E-state index in [1.54, 1.807) is 6.20 Å². The summed E-state index contributed by atoms with van der Waals surface area (Å²) in [5.74, 6) is 0. The zero-order valence-electron chi connectivity index (χ0n) is 9.87. The Hall–Kier alpha value is -1.37. The van der Waals surface area contributed by atoms with E-state index in [2.05, 4.69) is 36.2 Å². The molecule has 0 spiro atoms. The number of rotatable bonds is 5. The number of hydrogen-bond donors (Lipinski definition) is 0. The number of unbranched alkanes of at least 4 members (excludes halogenated alkanes) is 3. The van der Waals surface area contributed by atoms with Crippen LogP contribution in [0.3, 0.4) is 0 Å². The molecule has 0 aliphatic heterocycles. The van der Waals surface area contributed by atoms with E-state index >= 15 is 0 Å². The topological polar surface area (TPSA) is 12.9 Å². The summed E-state index contributed by atoms with van der Waals surface area (Å²) in [5, 5.41) is 1.27. The second kappa shape index (κ2) is 5.64. The summed E-state index contributed by atoms with van der Waals surface area (Å²) in [6.07, 6.45) is 8.14. The maximum Gasteiger partial charge on any atom is 0.0705 e. The Morgan fingerprint density at radius 2 is 2.00 bits per heavy atom. The van der Waals surface area contributed by atoms with Gasteiger partial charge < -0.3 is 0 Å². The Morgan fingerprint density at radius 1 is 1.12 bits per heavy atom. The predicted molar refractivity (Wildman–Crippen MR) is 68.4 cm³/mol. The summed E-state index contributed by atoms with van der Waals surface area (Å²) in [7, 11) is 0. The SMILES string of the molecule is CCCCCCc1[c]cnc2ccccc12. The first-order valence-electron chi connectivity index (χ1n) is 6.16. The highest BCUT2D eigenvalue weighted by atomic mass is 14.6. The highest BCUT2D eigenvalue weighted by Gasteiger charge is 2.00. The molecule has 1 heteroatoms. The van der Waals surface area contributed by atoms with Crippen LogP contribution in [0.5, 0.6) is 0 Å². The molecule has 0 bridgehead atoms. The molecule has 0 aliphatic rings. The van der Waals surface area contributed by atoms with Gasteiger partial charge in [0.15, 0.2) is 0 Å². The highest BCUT2D eigenvalue weighted by Crippen LogP contribution is 2.18. The van der Waals surface area contributed by atoms with Gasteiger partial charge in [-0.1, -0.05) is 44.4 Å². The van der Waals surface area contributed by atoms with Gasteiger partial charge in [-0.05, 0) is 24.5 Å². The van der Waals surface area contributed by atoms with E-state index in [0.717, 1.165) is 11.9 Å². The second-order valence-electron chi connectivity index (χ2n) is 4.21. The molecule has 16 heavy (non-hydrogen) atoms. The molecule has 1 nitrogen and oxygen atoms in total. The molecule has 2 rings (SSSR count). The van der Waals surface area contributed by atoms with Crippen molar-refractivity contribution >= 4 is 10.9 Å². The van der Waals surface area contributed by atoms with Crippen molar-refractivity contribution < 1.29 is 0 Å². The number of hydrogen-bond acceptors (Lipinski definition) is 1. The molecule has 0 fully saturated rings. The lowest BCUT2D eigenvalue weighted by Crippen LogP contribution is -1.90. The molecule has 1 radical (unpaired) electrons. The molecule has 0 amide bonds. The van der Waals surface area contributed by atoms with Crippen LogP contribution < -0.4 is 0 Å². The Bertz CT molecular complexity index is 443. The van der Waals surface area contributed by atoms with Crippen LogP contribution in [0, 0.1) is 6.07 Å². The molecule has 1 aromatic carbocycles. The largest absolute Gasteiger partial charge is 0.256 e. The van der Waals surface area contributed by atoms with Gasteiger partial charge in [0.05, 0.1) is 5.52 Å². The summed E-state index contributed by atoms with van der Waals surface area (Å²) in [4.78, 5) is 4.33. The Kier molecular flexibility index (Phi) is 3.92. The summed E-state index contributed by atoms with van der Waals surface area (Å²) >= 11 is 0. The third-order valence-corrected chi connectivity index (χ3v) is 2.95. The molecule has 0 saturated heterocycles. The lowest BCUT2D eigenvalue weighted by Gasteiger charge is -2.04. The lowest BCUT2D eigenvalue weighted by molar-refractivity contribution is 0.668. The van der Waals surface area contributed by atoms with Gasteiger partial charge in [-0.3, -0.25) is 4.98 Å². The predicted octanol–water partition coefficient (Wildman–Crippen LogP) is 4.16. The van der Waals surface area contributed by atoms with E-state index in [-0.39, 0.29) is 0 Å². The minimum Gasteiger partial charge on any atom is -0.256 e. The highest BCUT2D eigenvalue weighted by molar-refractivity contribution is 5.81. The van der Waals surface area contributed by atoms with E-state index in [1.807, 2.05) is 6.07 Å². The molecule has 0 saturated carbocycles. The molecule has 83 valence electrons. The Labute approximate surface area is 97.5 Å². The smallest absolute Gasteiger partial charge is 0.0705 e. The maximum atomic E-state index is 4.33. The lowest BCUT2D eigenvalue weighted by atomic mass is 10.0. The molecule has 2 aromatic rings. The molecular formula is C15H18N. The van der Waals surface area contributed by atoms with Crippen molar-refractivity contribution in [3.63, 3.8) is 0 Å². The van der Waals surface area contributed by atoms with Gasteiger partial charge in [0.25, 0.3) is 0 Å². The average Bonchev–Trinajstić information content (AvgIpc) is 2.35. The van der Waals surface area contributed by atoms with Crippen molar-refractivity contribution in [1.29, 1.82) is 0 Å². The average molecular weight is 212 g/mol. The Morgan fingerprint density at radius 3 is 2.88 bits per heavy atom. The van der Waals surface area contributed by atoms with Crippen LogP contribution in [0.2, 0.25) is 0 Å². The second-order valence-corrected chi connectivity index (χ2v) is 4.21. The summed E-state index contributed by atoms with van der Waals surface area (Å²) in [6.45, 7) is 2.24. The molecule has 0 aliphatic carbocycles. The van der Waals surface area contributed by atoms with E-state index < -0.39 is 0 Å². The van der Waals surface area contributed by atoms with E-state index in [1.165, 1.54) is 36.6 Å². The van der Waals surface area contributed by atoms with Crippen LogP contribution in [0.4, 0.5) is 0 Å². The molecule has 0 N–H and O–H groups in total. The minimum atomic E-state index is 1.09. The standard InChI is InChI=1S/C15H18N/c1-2-3-4-5-8-13-11-12-16-15-10-7-6-9-14(13)15/h6-7,9-10,12H,2-5,8H2,1H3. The van der Waals surface area contributed by atoms with Crippen LogP contribution in [-0.2, 0) is 6.42 Å². The number of fused-ring (bicyclic) bond motifs is 1. The summed E-state index contributed by atoms with van der Waals surface area (Å²) in [6, 6.07) is 11.6. The van der Waals surface area contributed by atoms with Crippen molar-refractivity contribution in [1.82, 2.24) is 4.98 Å². The van der Waals surface area contributed by atoms with Crippen LogP contribution in [0.25, 0.3) is 10.9 Å². The number of para-hydroxylation sites is 1. The van der Waals surface area contributed by atoms with E-state index in [4.69, 9.17) is 0 Å². The van der Waals surface area contributed by atoms with Gasteiger partial charge in [0.1, 0.15) is 0 Å². The fraction of sp³-hybridized carbons (Fsp3) is 0.400. The number of nitrogens with zero attached hydrogens (tertiary/aromatic N) is 1. The number of aryl methyl sites for hydroxylation is 1. The van der Waals surface area contributed by atoms with Gasteiger partial charge >= 0.3 is 0 Å². The number of benzene rings is 1. The van der Waals surface area contributed by atoms with Gasteiger partial charge in [0.2, 0.25) is 0 Å². The zero-order chi connectivity index (χ0) is 11.2. The monoisotopic (exact) mass is 212 g/mol. The molecule has 1 aromatic heterocycles. The van der Waals surface area contributed by atoms with Crippen LogP contribution in [-0.4, -0.2) is 4.98 Å². The normalized spacial score (nSPS) is 10.8. The maximum absolute atomic E-state index is 4.33. The first-order valence-corrected chi connectivity index (χ1v) is 6.16. The first-order chi connectivity index (χ1) is 7.92. The van der Waals surface area contributed by atoms with Gasteiger partial charge in [-0.15, -0.1) is 0 Å². The summed E-state index contributed by atoms with van der Waals surface area (Å²) < 4.78 is 0. The van der Waals surface area contributed by atoms with Crippen LogP contribution in [0.1, 0.15) is 38.2 Å². The zero-order valence-corrected chi connectivity index (χ0v) is 9.87. The van der Waals surface area contributed by atoms with Crippen LogP contribution >= 0.6 is 0 Å². The van der Waals surface area contributed by atoms with Crippen LogP contribution in [0.15, 0.2) is 30.5 Å². The molecular weight excluding hydrogens is 194 g/mol. The van der Waals surface area contributed by atoms with Gasteiger partial charge in [-0.25, -0.2) is 0 Å². The first kappa shape index (κ1) is 11.1. The fourth-order valence-electron chi connectivity index (χ4n) is 2.03. The van der Waals surface area contributed by atoms with Crippen molar-refractivity contribution in [3.05, 3.63) is 42.1 Å². The minimum absolute atomic E-state index is 1.09. The third-order valence-electron chi connectivity index (χ3n) is 2.95. The van der Waals surface area contributed by atoms with Crippen molar-refractivity contribution in [2.75, 3.05) is 0 Å². The molecule has 1 heterocycles. The number of aromatic nitrogens is 1.